The smallest absolute Gasteiger partial charge is 0.133 e. The van der Waals surface area contributed by atoms with Crippen LogP contribution >= 0.6 is 23.2 Å². The van der Waals surface area contributed by atoms with Gasteiger partial charge in [-0.05, 0) is 18.9 Å². The van der Waals surface area contributed by atoms with Crippen molar-refractivity contribution in [3.63, 3.8) is 0 Å². The summed E-state index contributed by atoms with van der Waals surface area (Å²) in [7, 11) is 0. The largest absolute Gasteiger partial charge is 0.326 e. The maximum atomic E-state index is 6.18. The standard InChI is InChI=1S/C11H14Cl2N2/c12-9-5-8(6-14)11(13)15-10(9)7-3-1-2-4-7/h5,7H,1-4,6,14H2. The molecule has 15 heavy (non-hydrogen) atoms. The summed E-state index contributed by atoms with van der Waals surface area (Å²) < 4.78 is 0. The summed E-state index contributed by atoms with van der Waals surface area (Å²) in [6.45, 7) is 0.385. The molecular weight excluding hydrogens is 231 g/mol. The van der Waals surface area contributed by atoms with Crippen molar-refractivity contribution >= 4 is 23.2 Å². The number of nitrogens with zero attached hydrogens (tertiary/aromatic N) is 1. The zero-order valence-corrected chi connectivity index (χ0v) is 9.98. The SMILES string of the molecule is NCc1cc(Cl)c(C2CCCC2)nc1Cl. The molecule has 4 heteroatoms. The van der Waals surface area contributed by atoms with Crippen molar-refractivity contribution in [2.75, 3.05) is 0 Å². The van der Waals surface area contributed by atoms with Gasteiger partial charge in [0.2, 0.25) is 0 Å². The zero-order valence-electron chi connectivity index (χ0n) is 8.47. The van der Waals surface area contributed by atoms with Gasteiger partial charge in [-0.3, -0.25) is 0 Å². The van der Waals surface area contributed by atoms with Crippen LogP contribution in [0, 0.1) is 0 Å². The van der Waals surface area contributed by atoms with Gasteiger partial charge in [0.1, 0.15) is 5.15 Å². The van der Waals surface area contributed by atoms with Crippen molar-refractivity contribution in [2.45, 2.75) is 38.1 Å². The molecule has 1 saturated carbocycles. The molecule has 1 aromatic heterocycles. The van der Waals surface area contributed by atoms with Gasteiger partial charge in [-0.1, -0.05) is 36.0 Å². The topological polar surface area (TPSA) is 38.9 Å². The molecule has 1 aliphatic carbocycles. The quantitative estimate of drug-likeness (QED) is 0.810. The fourth-order valence-corrected chi connectivity index (χ4v) is 2.70. The lowest BCUT2D eigenvalue weighted by Crippen LogP contribution is -2.04. The predicted octanol–water partition coefficient (Wildman–Crippen LogP) is 3.50. The summed E-state index contributed by atoms with van der Waals surface area (Å²) >= 11 is 12.2. The number of rotatable bonds is 2. The lowest BCUT2D eigenvalue weighted by Gasteiger charge is -2.12. The van der Waals surface area contributed by atoms with E-state index in [1.165, 1.54) is 25.7 Å². The summed E-state index contributed by atoms with van der Waals surface area (Å²) in [5, 5.41) is 1.22. The van der Waals surface area contributed by atoms with E-state index in [0.717, 1.165) is 11.3 Å². The van der Waals surface area contributed by atoms with Gasteiger partial charge in [-0.15, -0.1) is 0 Å². The van der Waals surface area contributed by atoms with Crippen molar-refractivity contribution in [2.24, 2.45) is 5.73 Å². The summed E-state index contributed by atoms with van der Waals surface area (Å²) in [5.41, 5.74) is 7.32. The molecule has 2 N–H and O–H groups in total. The summed E-state index contributed by atoms with van der Waals surface area (Å²) in [6, 6.07) is 1.85. The third kappa shape index (κ3) is 2.27. The van der Waals surface area contributed by atoms with Crippen LogP contribution in [0.4, 0.5) is 0 Å². The van der Waals surface area contributed by atoms with Gasteiger partial charge in [-0.2, -0.15) is 0 Å². The van der Waals surface area contributed by atoms with Gasteiger partial charge in [0.15, 0.2) is 0 Å². The van der Waals surface area contributed by atoms with Crippen LogP contribution in [0.1, 0.15) is 42.9 Å². The number of hydrogen-bond donors (Lipinski definition) is 1. The Labute approximate surface area is 99.8 Å². The highest BCUT2D eigenvalue weighted by atomic mass is 35.5. The molecule has 1 fully saturated rings. The Morgan fingerprint density at radius 1 is 1.33 bits per heavy atom. The first kappa shape index (κ1) is 11.2. The highest BCUT2D eigenvalue weighted by Gasteiger charge is 2.22. The van der Waals surface area contributed by atoms with Crippen LogP contribution in [0.5, 0.6) is 0 Å². The van der Waals surface area contributed by atoms with Crippen LogP contribution in [0.15, 0.2) is 6.07 Å². The minimum absolute atomic E-state index is 0.385. The number of pyridine rings is 1. The Morgan fingerprint density at radius 2 is 2.00 bits per heavy atom. The highest BCUT2D eigenvalue weighted by Crippen LogP contribution is 2.37. The molecule has 2 rings (SSSR count). The van der Waals surface area contributed by atoms with Gasteiger partial charge in [0.05, 0.1) is 10.7 Å². The first-order valence-electron chi connectivity index (χ1n) is 5.27. The van der Waals surface area contributed by atoms with Gasteiger partial charge in [0.25, 0.3) is 0 Å². The van der Waals surface area contributed by atoms with Gasteiger partial charge in [0, 0.05) is 18.0 Å². The van der Waals surface area contributed by atoms with Crippen LogP contribution in [0.25, 0.3) is 0 Å². The van der Waals surface area contributed by atoms with Crippen molar-refractivity contribution < 1.29 is 0 Å². The molecular formula is C11H14Cl2N2. The van der Waals surface area contributed by atoms with E-state index in [0.29, 0.717) is 22.6 Å². The summed E-state index contributed by atoms with van der Waals surface area (Å²) in [4.78, 5) is 4.38. The zero-order chi connectivity index (χ0) is 10.8. The summed E-state index contributed by atoms with van der Waals surface area (Å²) in [6.07, 6.45) is 4.87. The Balaban J connectivity index is 2.35. The van der Waals surface area contributed by atoms with Crippen LogP contribution in [0.3, 0.4) is 0 Å². The van der Waals surface area contributed by atoms with Crippen LogP contribution in [-0.4, -0.2) is 4.98 Å². The number of halogens is 2. The molecule has 0 bridgehead atoms. The first-order valence-corrected chi connectivity index (χ1v) is 6.03. The first-order chi connectivity index (χ1) is 7.22. The van der Waals surface area contributed by atoms with Crippen molar-refractivity contribution in [3.8, 4) is 0 Å². The van der Waals surface area contributed by atoms with Gasteiger partial charge in [-0.25, -0.2) is 4.98 Å². The monoisotopic (exact) mass is 244 g/mol. The van der Waals surface area contributed by atoms with E-state index < -0.39 is 0 Å². The Morgan fingerprint density at radius 3 is 2.60 bits per heavy atom. The van der Waals surface area contributed by atoms with E-state index in [1.54, 1.807) is 0 Å². The molecule has 82 valence electrons. The molecule has 0 saturated heterocycles. The van der Waals surface area contributed by atoms with E-state index in [2.05, 4.69) is 4.98 Å². The summed E-state index contributed by atoms with van der Waals surface area (Å²) in [5.74, 6) is 0.488. The van der Waals surface area contributed by atoms with E-state index in [9.17, 15) is 0 Å². The Bertz CT molecular complexity index is 360. The second-order valence-electron chi connectivity index (χ2n) is 3.99. The molecule has 1 aliphatic rings. The molecule has 0 aliphatic heterocycles. The molecule has 1 heterocycles. The molecule has 1 aromatic rings. The Kier molecular flexibility index (Phi) is 3.49. The fraction of sp³-hybridized carbons (Fsp3) is 0.545. The average Bonchev–Trinajstić information content (AvgIpc) is 2.74. The Hall–Kier alpha value is -0.310. The van der Waals surface area contributed by atoms with Crippen LogP contribution in [-0.2, 0) is 6.54 Å². The van der Waals surface area contributed by atoms with Gasteiger partial charge < -0.3 is 5.73 Å². The number of nitrogens with two attached hydrogens (primary N) is 1. The fourth-order valence-electron chi connectivity index (χ4n) is 2.15. The molecule has 0 radical (unpaired) electrons. The normalized spacial score (nSPS) is 17.3. The molecule has 0 amide bonds. The minimum atomic E-state index is 0.385. The lowest BCUT2D eigenvalue weighted by atomic mass is 10.0. The van der Waals surface area contributed by atoms with E-state index in [1.807, 2.05) is 6.07 Å². The van der Waals surface area contributed by atoms with Gasteiger partial charge >= 0.3 is 0 Å². The highest BCUT2D eigenvalue weighted by molar-refractivity contribution is 6.33. The third-order valence-electron chi connectivity index (χ3n) is 2.99. The third-order valence-corrected chi connectivity index (χ3v) is 3.62. The van der Waals surface area contributed by atoms with Crippen molar-refractivity contribution in [1.29, 1.82) is 0 Å². The second-order valence-corrected chi connectivity index (χ2v) is 4.76. The van der Waals surface area contributed by atoms with Crippen molar-refractivity contribution in [3.05, 3.63) is 27.5 Å². The molecule has 0 atom stereocenters. The van der Waals surface area contributed by atoms with Crippen molar-refractivity contribution in [1.82, 2.24) is 4.98 Å². The lowest BCUT2D eigenvalue weighted by molar-refractivity contribution is 0.696. The average molecular weight is 245 g/mol. The van der Waals surface area contributed by atoms with Crippen LogP contribution < -0.4 is 5.73 Å². The van der Waals surface area contributed by atoms with E-state index in [-0.39, 0.29) is 0 Å². The van der Waals surface area contributed by atoms with E-state index >= 15 is 0 Å². The predicted molar refractivity (Wildman–Crippen MR) is 63.4 cm³/mol. The molecule has 2 nitrogen and oxygen atoms in total. The minimum Gasteiger partial charge on any atom is -0.326 e. The van der Waals surface area contributed by atoms with Crippen LogP contribution in [0.2, 0.25) is 10.2 Å². The second kappa shape index (κ2) is 4.69. The maximum Gasteiger partial charge on any atom is 0.133 e. The number of aromatic nitrogens is 1. The molecule has 0 aromatic carbocycles. The molecule has 0 spiro atoms. The van der Waals surface area contributed by atoms with E-state index in [4.69, 9.17) is 28.9 Å². The number of hydrogen-bond acceptors (Lipinski definition) is 2. The maximum absolute atomic E-state index is 6.18. The molecule has 0 unspecified atom stereocenters.